The minimum atomic E-state index is -4.31. The van der Waals surface area contributed by atoms with E-state index in [-0.39, 0.29) is 23.1 Å². The summed E-state index contributed by atoms with van der Waals surface area (Å²) in [5.41, 5.74) is 1.50. The third-order valence-corrected chi connectivity index (χ3v) is 10.1. The summed E-state index contributed by atoms with van der Waals surface area (Å²) in [5.74, 6) is -0.763. The Morgan fingerprint density at radius 3 is 2.20 bits per heavy atom. The van der Waals surface area contributed by atoms with Crippen LogP contribution >= 0.6 is 11.3 Å². The van der Waals surface area contributed by atoms with Crippen LogP contribution in [0.5, 0.6) is 0 Å². The molecule has 1 aliphatic rings. The normalized spacial score (nSPS) is 13.5. The molecule has 15 heteroatoms. The van der Waals surface area contributed by atoms with Crippen LogP contribution in [0.3, 0.4) is 0 Å². The number of fused-ring (bicyclic) bond motifs is 1. The van der Waals surface area contributed by atoms with Gasteiger partial charge in [0.1, 0.15) is 6.54 Å². The second kappa shape index (κ2) is 12.8. The molecule has 1 saturated heterocycles. The van der Waals surface area contributed by atoms with E-state index < -0.39 is 46.3 Å². The van der Waals surface area contributed by atoms with Crippen LogP contribution < -0.4 is 10.9 Å². The number of thiazole rings is 1. The van der Waals surface area contributed by atoms with Crippen molar-refractivity contribution in [3.63, 3.8) is 0 Å². The molecule has 1 aliphatic heterocycles. The lowest BCUT2D eigenvalue weighted by atomic mass is 10.0. The third-order valence-electron chi connectivity index (χ3n) is 6.94. The minimum absolute atomic E-state index is 0.138. The van der Waals surface area contributed by atoms with Crippen molar-refractivity contribution in [2.75, 3.05) is 18.4 Å². The van der Waals surface area contributed by atoms with E-state index in [4.69, 9.17) is 9.57 Å². The van der Waals surface area contributed by atoms with Crippen molar-refractivity contribution in [2.45, 2.75) is 17.0 Å². The Balaban J connectivity index is 1.07. The molecule has 46 heavy (non-hydrogen) atoms. The van der Waals surface area contributed by atoms with Gasteiger partial charge in [-0.15, -0.1) is 11.3 Å². The van der Waals surface area contributed by atoms with Crippen LogP contribution in [0.15, 0.2) is 112 Å². The van der Waals surface area contributed by atoms with E-state index in [1.165, 1.54) is 12.3 Å². The van der Waals surface area contributed by atoms with E-state index in [2.05, 4.69) is 10.3 Å². The van der Waals surface area contributed by atoms with Gasteiger partial charge in [-0.05, 0) is 29.3 Å². The predicted octanol–water partition coefficient (Wildman–Crippen LogP) is 4.38. The van der Waals surface area contributed by atoms with Gasteiger partial charge in [0.15, 0.2) is 6.10 Å². The summed E-state index contributed by atoms with van der Waals surface area (Å²) in [6, 6.07) is 27.7. The van der Waals surface area contributed by atoms with Gasteiger partial charge in [0, 0.05) is 12.3 Å². The molecule has 0 atom stereocenters. The highest BCUT2D eigenvalue weighted by atomic mass is 32.2. The maximum absolute atomic E-state index is 13.1. The molecule has 3 heterocycles. The topological polar surface area (TPSA) is 157 Å². The quantitative estimate of drug-likeness (QED) is 0.255. The summed E-state index contributed by atoms with van der Waals surface area (Å²) in [7, 11) is -4.31. The van der Waals surface area contributed by atoms with Crippen molar-refractivity contribution in [3.8, 4) is 0 Å². The number of sulfonamides is 1. The lowest BCUT2D eigenvalue weighted by Crippen LogP contribution is -2.52. The molecule has 13 nitrogen and oxygen atoms in total. The van der Waals surface area contributed by atoms with Gasteiger partial charge < -0.3 is 14.1 Å². The largest absolute Gasteiger partial charge is 0.448 e. The Morgan fingerprint density at radius 1 is 0.913 bits per heavy atom. The van der Waals surface area contributed by atoms with Crippen molar-refractivity contribution in [3.05, 3.63) is 125 Å². The van der Waals surface area contributed by atoms with Gasteiger partial charge in [0.05, 0.1) is 29.0 Å². The molecule has 0 unspecified atom stereocenters. The lowest BCUT2D eigenvalue weighted by molar-refractivity contribution is -0.174. The van der Waals surface area contributed by atoms with Crippen LogP contribution in [0, 0.1) is 0 Å². The van der Waals surface area contributed by atoms with Gasteiger partial charge in [0.25, 0.3) is 21.5 Å². The molecule has 0 saturated carbocycles. The number of nitrogens with one attached hydrogen (secondary N) is 1. The molecule has 3 aromatic carbocycles. The number of carbonyl (C=O) groups is 3. The van der Waals surface area contributed by atoms with Gasteiger partial charge in [0.2, 0.25) is 4.34 Å². The van der Waals surface area contributed by atoms with Crippen LogP contribution in [-0.4, -0.2) is 58.5 Å². The number of anilines is 1. The summed E-state index contributed by atoms with van der Waals surface area (Å²) in [5, 5.41) is 3.24. The standard InChI is InChI=1S/C31H25N5O8S2/c37-26-19-23(32-29(39)43-28(21-9-3-1-4-10-21)22-11-5-2-6-12-22)15-16-34(26)20-27(38)35-17-18-36(31(40)44-35)46(41,42)30-33-24-13-7-8-14-25(24)45-30/h1-16,19,28H,17-18,20H2,(H,32,39). The average molecular weight is 660 g/mol. The maximum Gasteiger partial charge on any atom is 0.448 e. The van der Waals surface area contributed by atoms with E-state index in [1.807, 2.05) is 60.7 Å². The Bertz CT molecular complexity index is 2010. The van der Waals surface area contributed by atoms with Crippen LogP contribution in [-0.2, 0) is 30.9 Å². The van der Waals surface area contributed by atoms with Crippen LogP contribution in [0.25, 0.3) is 10.2 Å². The van der Waals surface area contributed by atoms with E-state index >= 15 is 0 Å². The monoisotopic (exact) mass is 659 g/mol. The summed E-state index contributed by atoms with van der Waals surface area (Å²) < 4.78 is 33.8. The second-order valence-corrected chi connectivity index (χ2v) is 13.1. The molecule has 0 radical (unpaired) electrons. The predicted molar refractivity (Wildman–Crippen MR) is 167 cm³/mol. The Hall–Kier alpha value is -5.54. The summed E-state index contributed by atoms with van der Waals surface area (Å²) in [6.45, 7) is -1.14. The molecular weight excluding hydrogens is 635 g/mol. The van der Waals surface area contributed by atoms with Crippen LogP contribution in [0.4, 0.5) is 15.3 Å². The molecule has 2 aromatic heterocycles. The van der Waals surface area contributed by atoms with Gasteiger partial charge in [-0.3, -0.25) is 14.9 Å². The molecule has 1 N–H and O–H groups in total. The third kappa shape index (κ3) is 6.45. The lowest BCUT2D eigenvalue weighted by Gasteiger charge is -2.31. The first-order chi connectivity index (χ1) is 22.2. The highest BCUT2D eigenvalue weighted by Gasteiger charge is 2.39. The molecule has 3 amide bonds. The van der Waals surface area contributed by atoms with E-state index in [0.717, 1.165) is 33.1 Å². The number of amides is 3. The molecule has 6 rings (SSSR count). The summed E-state index contributed by atoms with van der Waals surface area (Å²) in [6.07, 6.45) is -1.47. The second-order valence-electron chi connectivity index (χ2n) is 9.99. The molecule has 5 aromatic rings. The van der Waals surface area contributed by atoms with Crippen molar-refractivity contribution >= 4 is 55.4 Å². The zero-order valence-corrected chi connectivity index (χ0v) is 25.5. The molecule has 234 valence electrons. The first kappa shape index (κ1) is 30.5. The fourth-order valence-corrected chi connectivity index (χ4v) is 7.30. The molecule has 0 aliphatic carbocycles. The summed E-state index contributed by atoms with van der Waals surface area (Å²) in [4.78, 5) is 60.3. The van der Waals surface area contributed by atoms with E-state index in [1.54, 1.807) is 24.3 Å². The smallest absolute Gasteiger partial charge is 0.436 e. The molecule has 1 fully saturated rings. The average Bonchev–Trinajstić information content (AvgIpc) is 3.51. The Labute approximate surface area is 266 Å². The van der Waals surface area contributed by atoms with Gasteiger partial charge in [-0.25, -0.2) is 14.6 Å². The molecular formula is C31H25N5O8S2. The van der Waals surface area contributed by atoms with Gasteiger partial charge in [-0.2, -0.15) is 17.8 Å². The summed E-state index contributed by atoms with van der Waals surface area (Å²) >= 11 is 0.914. The van der Waals surface area contributed by atoms with E-state index in [0.29, 0.717) is 19.6 Å². The van der Waals surface area contributed by atoms with Crippen molar-refractivity contribution < 1.29 is 32.4 Å². The Kier molecular flexibility index (Phi) is 8.50. The molecule has 0 spiro atoms. The number of hydrogen-bond donors (Lipinski definition) is 1. The number of hydrogen-bond acceptors (Lipinski definition) is 10. The molecule has 0 bridgehead atoms. The zero-order valence-electron chi connectivity index (χ0n) is 23.9. The van der Waals surface area contributed by atoms with Crippen molar-refractivity contribution in [1.29, 1.82) is 0 Å². The minimum Gasteiger partial charge on any atom is -0.436 e. The highest BCUT2D eigenvalue weighted by molar-refractivity contribution is 7.91. The van der Waals surface area contributed by atoms with Gasteiger partial charge in [-0.1, -0.05) is 72.8 Å². The van der Waals surface area contributed by atoms with E-state index in [9.17, 15) is 27.6 Å². The fraction of sp³-hybridized carbons (Fsp3) is 0.129. The van der Waals surface area contributed by atoms with Crippen molar-refractivity contribution in [1.82, 2.24) is 18.9 Å². The zero-order chi connectivity index (χ0) is 32.3. The fourth-order valence-electron chi connectivity index (χ4n) is 4.69. The number of aromatic nitrogens is 2. The number of pyridine rings is 1. The highest BCUT2D eigenvalue weighted by Crippen LogP contribution is 2.29. The first-order valence-electron chi connectivity index (χ1n) is 13.9. The van der Waals surface area contributed by atoms with Gasteiger partial charge >= 0.3 is 12.2 Å². The van der Waals surface area contributed by atoms with Crippen molar-refractivity contribution in [2.24, 2.45) is 0 Å². The number of nitrogens with zero attached hydrogens (tertiary/aromatic N) is 4. The number of benzene rings is 3. The van der Waals surface area contributed by atoms with Crippen LogP contribution in [0.2, 0.25) is 0 Å². The van der Waals surface area contributed by atoms with Crippen LogP contribution in [0.1, 0.15) is 17.2 Å². The number of para-hydroxylation sites is 1. The number of ether oxygens (including phenoxy) is 1. The number of rotatable bonds is 8. The Morgan fingerprint density at radius 2 is 1.57 bits per heavy atom. The number of carbonyl (C=O) groups excluding carboxylic acids is 3. The number of hydroxylamine groups is 2. The maximum atomic E-state index is 13.1. The first-order valence-corrected chi connectivity index (χ1v) is 16.1. The SMILES string of the molecule is O=C(Nc1ccn(CC(=O)N2CCN(S(=O)(=O)c3nc4ccccc4s3)C(=O)O2)c(=O)c1)OC(c1ccccc1)c1ccccc1.